The summed E-state index contributed by atoms with van der Waals surface area (Å²) in [5.41, 5.74) is -0.199. The monoisotopic (exact) mass is 183 g/mol. The second-order valence-electron chi connectivity index (χ2n) is 3.71. The summed E-state index contributed by atoms with van der Waals surface area (Å²) in [4.78, 5) is 27.8. The maximum absolute atomic E-state index is 11.2. The van der Waals surface area contributed by atoms with Crippen LogP contribution in [-0.2, 0) is 14.4 Å². The first-order valence-electron chi connectivity index (χ1n) is 4.72. The zero-order valence-corrected chi connectivity index (χ0v) is 7.71. The molecule has 0 atom stereocenters. The molecule has 1 heterocycles. The highest BCUT2D eigenvalue weighted by Crippen LogP contribution is 2.43. The van der Waals surface area contributed by atoms with Gasteiger partial charge in [0, 0.05) is 12.8 Å². The van der Waals surface area contributed by atoms with Crippen LogP contribution >= 0.6 is 0 Å². The predicted molar refractivity (Wildman–Crippen MR) is 44.4 cm³/mol. The van der Waals surface area contributed by atoms with E-state index in [2.05, 4.69) is 0 Å². The molecular formula is C9H13NO3. The van der Waals surface area contributed by atoms with Gasteiger partial charge in [-0.25, -0.2) is 0 Å². The van der Waals surface area contributed by atoms with E-state index in [1.165, 1.54) is 0 Å². The van der Waals surface area contributed by atoms with E-state index in [9.17, 15) is 9.59 Å². The summed E-state index contributed by atoms with van der Waals surface area (Å²) in [5.74, 6) is -0.380. The van der Waals surface area contributed by atoms with Crippen molar-refractivity contribution < 1.29 is 14.4 Å². The molecule has 0 unspecified atom stereocenters. The Hall–Kier alpha value is -0.900. The fourth-order valence-electron chi connectivity index (χ4n) is 1.50. The van der Waals surface area contributed by atoms with Crippen LogP contribution in [0.25, 0.3) is 0 Å². The van der Waals surface area contributed by atoms with Gasteiger partial charge in [-0.15, -0.1) is 0 Å². The maximum atomic E-state index is 11.2. The number of hydrogen-bond acceptors (Lipinski definition) is 3. The number of hydroxylamine groups is 2. The van der Waals surface area contributed by atoms with Crippen molar-refractivity contribution in [2.45, 2.75) is 44.6 Å². The lowest BCUT2D eigenvalue weighted by atomic mass is 10.3. The van der Waals surface area contributed by atoms with Crippen molar-refractivity contribution in [1.29, 1.82) is 0 Å². The van der Waals surface area contributed by atoms with Gasteiger partial charge >= 0.3 is 0 Å². The molecule has 0 N–H and O–H groups in total. The van der Waals surface area contributed by atoms with Crippen LogP contribution in [0.1, 0.15) is 39.0 Å². The van der Waals surface area contributed by atoms with E-state index in [0.717, 1.165) is 24.3 Å². The van der Waals surface area contributed by atoms with Crippen molar-refractivity contribution in [3.8, 4) is 0 Å². The Morgan fingerprint density at radius 3 is 2.23 bits per heavy atom. The largest absolute Gasteiger partial charge is 0.272 e. The first-order chi connectivity index (χ1) is 6.17. The van der Waals surface area contributed by atoms with Gasteiger partial charge in [-0.1, -0.05) is 6.92 Å². The number of carbonyl (C=O) groups excluding carboxylic acids is 2. The fourth-order valence-corrected chi connectivity index (χ4v) is 1.50. The van der Waals surface area contributed by atoms with Gasteiger partial charge in [0.25, 0.3) is 11.8 Å². The van der Waals surface area contributed by atoms with Crippen LogP contribution in [0.3, 0.4) is 0 Å². The van der Waals surface area contributed by atoms with Crippen LogP contribution in [0.5, 0.6) is 0 Å². The lowest BCUT2D eigenvalue weighted by Crippen LogP contribution is -2.34. The molecule has 1 saturated carbocycles. The summed E-state index contributed by atoms with van der Waals surface area (Å²) >= 11 is 0. The Kier molecular flexibility index (Phi) is 1.87. The van der Waals surface area contributed by atoms with Crippen molar-refractivity contribution in [2.75, 3.05) is 0 Å². The lowest BCUT2D eigenvalue weighted by Gasteiger charge is -2.20. The van der Waals surface area contributed by atoms with E-state index < -0.39 is 0 Å². The minimum Gasteiger partial charge on any atom is -0.272 e. The van der Waals surface area contributed by atoms with Crippen molar-refractivity contribution in [2.24, 2.45) is 0 Å². The quantitative estimate of drug-likeness (QED) is 0.613. The zero-order chi connectivity index (χ0) is 9.47. The minimum absolute atomic E-state index is 0.190. The molecule has 4 nitrogen and oxygen atoms in total. The van der Waals surface area contributed by atoms with Crippen molar-refractivity contribution >= 4 is 11.8 Å². The highest BCUT2D eigenvalue weighted by molar-refractivity contribution is 6.00. The van der Waals surface area contributed by atoms with Gasteiger partial charge in [0.1, 0.15) is 0 Å². The van der Waals surface area contributed by atoms with Crippen molar-refractivity contribution in [3.63, 3.8) is 0 Å². The van der Waals surface area contributed by atoms with E-state index in [1.807, 2.05) is 6.92 Å². The molecule has 0 bridgehead atoms. The molecule has 2 fully saturated rings. The van der Waals surface area contributed by atoms with Crippen LogP contribution in [0.15, 0.2) is 0 Å². The standard InChI is InChI=1S/C9H13NO3/c1-2-9(5-6-9)13-10-7(11)3-4-8(10)12/h2-6H2,1H3. The Labute approximate surface area is 76.8 Å². The number of rotatable bonds is 3. The van der Waals surface area contributed by atoms with Gasteiger partial charge in [0.15, 0.2) is 0 Å². The van der Waals surface area contributed by atoms with Gasteiger partial charge in [-0.2, -0.15) is 5.06 Å². The molecular weight excluding hydrogens is 170 g/mol. The molecule has 72 valence electrons. The Morgan fingerprint density at radius 1 is 1.31 bits per heavy atom. The van der Waals surface area contributed by atoms with Crippen LogP contribution < -0.4 is 0 Å². The predicted octanol–water partition coefficient (Wildman–Crippen LogP) is 1.01. The molecule has 0 aromatic heterocycles. The second kappa shape index (κ2) is 2.80. The van der Waals surface area contributed by atoms with Crippen LogP contribution in [0.2, 0.25) is 0 Å². The van der Waals surface area contributed by atoms with Gasteiger partial charge < -0.3 is 0 Å². The number of amides is 2. The first kappa shape index (κ1) is 8.69. The third-order valence-electron chi connectivity index (χ3n) is 2.74. The molecule has 13 heavy (non-hydrogen) atoms. The van der Waals surface area contributed by atoms with E-state index in [-0.39, 0.29) is 17.4 Å². The molecule has 0 aromatic carbocycles. The van der Waals surface area contributed by atoms with Crippen LogP contribution in [0.4, 0.5) is 0 Å². The minimum atomic E-state index is -0.199. The SMILES string of the molecule is CCC1(ON2C(=O)CCC2=O)CC1. The molecule has 0 aromatic rings. The van der Waals surface area contributed by atoms with E-state index in [0.29, 0.717) is 12.8 Å². The summed E-state index contributed by atoms with van der Waals surface area (Å²) in [5, 5.41) is 0.969. The van der Waals surface area contributed by atoms with Crippen molar-refractivity contribution in [1.82, 2.24) is 5.06 Å². The molecule has 0 radical (unpaired) electrons. The third kappa shape index (κ3) is 1.46. The Morgan fingerprint density at radius 2 is 1.85 bits per heavy atom. The van der Waals surface area contributed by atoms with Gasteiger partial charge in [-0.05, 0) is 19.3 Å². The molecule has 2 rings (SSSR count). The molecule has 1 saturated heterocycles. The number of nitrogens with zero attached hydrogens (tertiary/aromatic N) is 1. The van der Waals surface area contributed by atoms with Gasteiger partial charge in [0.2, 0.25) is 0 Å². The lowest BCUT2D eigenvalue weighted by molar-refractivity contribution is -0.209. The summed E-state index contributed by atoms with van der Waals surface area (Å²) in [6.07, 6.45) is 3.39. The zero-order valence-electron chi connectivity index (χ0n) is 7.71. The van der Waals surface area contributed by atoms with Crippen LogP contribution in [0, 0.1) is 0 Å². The maximum Gasteiger partial charge on any atom is 0.254 e. The average Bonchev–Trinajstić information content (AvgIpc) is 2.84. The molecule has 2 amide bonds. The molecule has 4 heteroatoms. The number of carbonyl (C=O) groups is 2. The van der Waals surface area contributed by atoms with E-state index in [1.54, 1.807) is 0 Å². The highest BCUT2D eigenvalue weighted by Gasteiger charge is 2.47. The second-order valence-corrected chi connectivity index (χ2v) is 3.71. The normalized spacial score (nSPS) is 25.5. The fraction of sp³-hybridized carbons (Fsp3) is 0.778. The van der Waals surface area contributed by atoms with Gasteiger partial charge in [0.05, 0.1) is 5.60 Å². The summed E-state index contributed by atoms with van der Waals surface area (Å²) < 4.78 is 0. The molecule has 1 aliphatic carbocycles. The Balaban J connectivity index is 2.01. The summed E-state index contributed by atoms with van der Waals surface area (Å²) in [6, 6.07) is 0. The van der Waals surface area contributed by atoms with Crippen LogP contribution in [-0.4, -0.2) is 22.5 Å². The summed E-state index contributed by atoms with van der Waals surface area (Å²) in [6.45, 7) is 2.01. The van der Waals surface area contributed by atoms with E-state index in [4.69, 9.17) is 4.84 Å². The Bertz CT molecular complexity index is 242. The third-order valence-corrected chi connectivity index (χ3v) is 2.74. The van der Waals surface area contributed by atoms with Crippen molar-refractivity contribution in [3.05, 3.63) is 0 Å². The topological polar surface area (TPSA) is 46.6 Å². The van der Waals surface area contributed by atoms with E-state index >= 15 is 0 Å². The summed E-state index contributed by atoms with van der Waals surface area (Å²) in [7, 11) is 0. The average molecular weight is 183 g/mol. The smallest absolute Gasteiger partial charge is 0.254 e. The number of imide groups is 1. The first-order valence-corrected chi connectivity index (χ1v) is 4.72. The molecule has 1 aliphatic heterocycles. The number of hydrogen-bond donors (Lipinski definition) is 0. The molecule has 2 aliphatic rings. The molecule has 0 spiro atoms. The highest BCUT2D eigenvalue weighted by atomic mass is 16.7. The van der Waals surface area contributed by atoms with Gasteiger partial charge in [-0.3, -0.25) is 14.4 Å².